The van der Waals surface area contributed by atoms with E-state index in [1.54, 1.807) is 4.90 Å². The third kappa shape index (κ3) is 7.06. The topological polar surface area (TPSA) is 53.0 Å². The summed E-state index contributed by atoms with van der Waals surface area (Å²) in [5.41, 5.74) is 0. The summed E-state index contributed by atoms with van der Waals surface area (Å²) in [6, 6.07) is 0. The van der Waals surface area contributed by atoms with Crippen LogP contribution in [0.4, 0.5) is 13.2 Å². The van der Waals surface area contributed by atoms with E-state index in [0.29, 0.717) is 26.2 Å². The molecule has 0 aromatic carbocycles. The Bertz CT molecular complexity index is 300. The Hall–Kier alpha value is -0.860. The molecule has 0 aromatic rings. The molecule has 20 heavy (non-hydrogen) atoms. The number of aliphatic hydroxyl groups is 1. The molecule has 1 saturated heterocycles. The summed E-state index contributed by atoms with van der Waals surface area (Å²) >= 11 is 0. The van der Waals surface area contributed by atoms with Crippen molar-refractivity contribution >= 4 is 5.91 Å². The van der Waals surface area contributed by atoms with Crippen molar-refractivity contribution in [2.24, 2.45) is 0 Å². The number of ether oxygens (including phenoxy) is 1. The Morgan fingerprint density at radius 2 is 1.95 bits per heavy atom. The Kier molecular flexibility index (Phi) is 7.25. The highest BCUT2D eigenvalue weighted by molar-refractivity contribution is 5.76. The van der Waals surface area contributed by atoms with E-state index in [1.807, 2.05) is 0 Å². The van der Waals surface area contributed by atoms with Crippen molar-refractivity contribution in [2.75, 3.05) is 52.5 Å². The van der Waals surface area contributed by atoms with Gasteiger partial charge in [-0.1, -0.05) is 0 Å². The van der Waals surface area contributed by atoms with Gasteiger partial charge in [-0.3, -0.25) is 9.69 Å². The summed E-state index contributed by atoms with van der Waals surface area (Å²) < 4.78 is 40.0. The molecule has 5 nitrogen and oxygen atoms in total. The van der Waals surface area contributed by atoms with Crippen LogP contribution in [-0.2, 0) is 9.53 Å². The minimum absolute atomic E-state index is 0.0317. The number of carbonyl (C=O) groups excluding carboxylic acids is 1. The quantitative estimate of drug-likeness (QED) is 0.725. The molecule has 0 saturated carbocycles. The molecule has 0 radical (unpaired) electrons. The fourth-order valence-electron chi connectivity index (χ4n) is 2.09. The van der Waals surface area contributed by atoms with Crippen LogP contribution < -0.4 is 0 Å². The number of β-amino-alcohol motifs (C(OH)–C–C–N with tert-alkyl or cyclic N) is 1. The van der Waals surface area contributed by atoms with Crippen molar-refractivity contribution in [1.82, 2.24) is 9.80 Å². The first-order valence-electron chi connectivity index (χ1n) is 6.68. The first kappa shape index (κ1) is 17.2. The molecule has 0 unspecified atom stereocenters. The second-order valence-corrected chi connectivity index (χ2v) is 4.72. The van der Waals surface area contributed by atoms with Crippen LogP contribution in [0, 0.1) is 0 Å². The summed E-state index contributed by atoms with van der Waals surface area (Å²) in [6.07, 6.45) is -3.58. The van der Waals surface area contributed by atoms with Gasteiger partial charge in [-0.15, -0.1) is 0 Å². The van der Waals surface area contributed by atoms with Crippen molar-refractivity contribution in [1.29, 1.82) is 0 Å². The van der Waals surface area contributed by atoms with E-state index in [2.05, 4.69) is 9.64 Å². The van der Waals surface area contributed by atoms with E-state index >= 15 is 0 Å². The molecular formula is C12H21F3N2O3. The number of hydrogen-bond acceptors (Lipinski definition) is 4. The third-order valence-corrected chi connectivity index (χ3v) is 3.08. The number of nitrogens with zero attached hydrogens (tertiary/aromatic N) is 2. The van der Waals surface area contributed by atoms with E-state index in [1.165, 1.54) is 0 Å². The van der Waals surface area contributed by atoms with Gasteiger partial charge in [0, 0.05) is 26.2 Å². The van der Waals surface area contributed by atoms with Crippen LogP contribution in [0.3, 0.4) is 0 Å². The van der Waals surface area contributed by atoms with Gasteiger partial charge < -0.3 is 14.7 Å². The highest BCUT2D eigenvalue weighted by atomic mass is 19.4. The third-order valence-electron chi connectivity index (χ3n) is 3.08. The molecular weight excluding hydrogens is 277 g/mol. The Morgan fingerprint density at radius 3 is 2.60 bits per heavy atom. The lowest BCUT2D eigenvalue weighted by Gasteiger charge is -2.21. The SMILES string of the molecule is O=C(CCOCC(F)(F)F)N1CCCN(CCO)CC1. The van der Waals surface area contributed by atoms with E-state index in [-0.39, 0.29) is 25.5 Å². The first-order chi connectivity index (χ1) is 9.42. The van der Waals surface area contributed by atoms with Gasteiger partial charge >= 0.3 is 6.18 Å². The average Bonchev–Trinajstić information content (AvgIpc) is 2.59. The van der Waals surface area contributed by atoms with Gasteiger partial charge in [-0.25, -0.2) is 0 Å². The Balaban J connectivity index is 2.22. The predicted octanol–water partition coefficient (Wildman–Crippen LogP) is 0.482. The fourth-order valence-corrected chi connectivity index (χ4v) is 2.09. The number of alkyl halides is 3. The molecule has 0 spiro atoms. The van der Waals surface area contributed by atoms with Gasteiger partial charge in [0.2, 0.25) is 5.91 Å². The zero-order chi connectivity index (χ0) is 15.0. The van der Waals surface area contributed by atoms with Crippen LogP contribution in [0.25, 0.3) is 0 Å². The van der Waals surface area contributed by atoms with E-state index in [9.17, 15) is 18.0 Å². The van der Waals surface area contributed by atoms with Crippen LogP contribution >= 0.6 is 0 Å². The largest absolute Gasteiger partial charge is 0.411 e. The number of aliphatic hydroxyl groups excluding tert-OH is 1. The van der Waals surface area contributed by atoms with Gasteiger partial charge in [0.1, 0.15) is 6.61 Å². The zero-order valence-corrected chi connectivity index (χ0v) is 11.4. The second kappa shape index (κ2) is 8.43. The molecule has 0 bridgehead atoms. The van der Waals surface area contributed by atoms with Gasteiger partial charge in [0.05, 0.1) is 19.6 Å². The fraction of sp³-hybridized carbons (Fsp3) is 0.917. The lowest BCUT2D eigenvalue weighted by atomic mass is 10.3. The monoisotopic (exact) mass is 298 g/mol. The molecule has 1 fully saturated rings. The van der Waals surface area contributed by atoms with Crippen molar-refractivity contribution in [3.05, 3.63) is 0 Å². The molecule has 1 heterocycles. The summed E-state index contributed by atoms with van der Waals surface area (Å²) in [5, 5.41) is 8.86. The average molecular weight is 298 g/mol. The number of hydrogen-bond donors (Lipinski definition) is 1. The summed E-state index contributed by atoms with van der Waals surface area (Å²) in [5.74, 6) is -0.182. The van der Waals surface area contributed by atoms with Crippen LogP contribution in [0.1, 0.15) is 12.8 Å². The van der Waals surface area contributed by atoms with Crippen molar-refractivity contribution in [2.45, 2.75) is 19.0 Å². The number of amides is 1. The first-order valence-corrected chi connectivity index (χ1v) is 6.68. The van der Waals surface area contributed by atoms with E-state index < -0.39 is 12.8 Å². The molecule has 1 aliphatic rings. The maximum Gasteiger partial charge on any atom is 0.411 e. The van der Waals surface area contributed by atoms with E-state index in [4.69, 9.17) is 5.11 Å². The lowest BCUT2D eigenvalue weighted by molar-refractivity contribution is -0.175. The molecule has 118 valence electrons. The Morgan fingerprint density at radius 1 is 1.20 bits per heavy atom. The number of rotatable bonds is 6. The standard InChI is InChI=1S/C12H21F3N2O3/c13-12(14,15)10-20-9-2-11(19)17-4-1-3-16(5-6-17)7-8-18/h18H,1-10H2. The molecule has 1 amide bonds. The van der Waals surface area contributed by atoms with Crippen LogP contribution in [0.15, 0.2) is 0 Å². The lowest BCUT2D eigenvalue weighted by Crippen LogP contribution is -2.36. The highest BCUT2D eigenvalue weighted by Crippen LogP contribution is 2.14. The van der Waals surface area contributed by atoms with Crippen molar-refractivity contribution < 1.29 is 27.8 Å². The maximum atomic E-state index is 11.9. The Labute approximate surface area is 116 Å². The van der Waals surface area contributed by atoms with E-state index in [0.717, 1.165) is 13.0 Å². The molecule has 1 N–H and O–H groups in total. The van der Waals surface area contributed by atoms with Gasteiger partial charge in [-0.05, 0) is 13.0 Å². The maximum absolute atomic E-state index is 11.9. The van der Waals surface area contributed by atoms with Gasteiger partial charge in [-0.2, -0.15) is 13.2 Å². The molecule has 1 rings (SSSR count). The zero-order valence-electron chi connectivity index (χ0n) is 11.4. The summed E-state index contributed by atoms with van der Waals surface area (Å²) in [6.45, 7) is 1.76. The normalized spacial score (nSPS) is 18.1. The predicted molar refractivity (Wildman–Crippen MR) is 66.2 cm³/mol. The van der Waals surface area contributed by atoms with Crippen LogP contribution in [0.5, 0.6) is 0 Å². The van der Waals surface area contributed by atoms with Crippen molar-refractivity contribution in [3.8, 4) is 0 Å². The van der Waals surface area contributed by atoms with Gasteiger partial charge in [0.15, 0.2) is 0 Å². The molecule has 0 aromatic heterocycles. The summed E-state index contributed by atoms with van der Waals surface area (Å²) in [7, 11) is 0. The summed E-state index contributed by atoms with van der Waals surface area (Å²) in [4.78, 5) is 15.5. The highest BCUT2D eigenvalue weighted by Gasteiger charge is 2.27. The smallest absolute Gasteiger partial charge is 0.395 e. The minimum atomic E-state index is -4.35. The number of carbonyl (C=O) groups is 1. The molecule has 1 aliphatic heterocycles. The van der Waals surface area contributed by atoms with Crippen molar-refractivity contribution in [3.63, 3.8) is 0 Å². The van der Waals surface area contributed by atoms with Crippen LogP contribution in [-0.4, -0.2) is 79.5 Å². The minimum Gasteiger partial charge on any atom is -0.395 e. The number of halogens is 3. The second-order valence-electron chi connectivity index (χ2n) is 4.72. The molecule has 0 atom stereocenters. The van der Waals surface area contributed by atoms with Gasteiger partial charge in [0.25, 0.3) is 0 Å². The van der Waals surface area contributed by atoms with Crippen LogP contribution in [0.2, 0.25) is 0 Å². The molecule has 8 heteroatoms. The molecule has 0 aliphatic carbocycles.